The molecular formula is C16H12Cl2N4O. The second-order valence-corrected chi connectivity index (χ2v) is 5.74. The van der Waals surface area contributed by atoms with Gasteiger partial charge in [-0.15, -0.1) is 5.10 Å². The molecule has 0 radical (unpaired) electrons. The third kappa shape index (κ3) is 3.52. The summed E-state index contributed by atoms with van der Waals surface area (Å²) in [5.41, 5.74) is 2.05. The molecule has 0 saturated carbocycles. The van der Waals surface area contributed by atoms with Crippen molar-refractivity contribution in [1.82, 2.24) is 15.0 Å². The highest BCUT2D eigenvalue weighted by Crippen LogP contribution is 2.23. The van der Waals surface area contributed by atoms with Gasteiger partial charge in [0.25, 0.3) is 5.91 Å². The van der Waals surface area contributed by atoms with E-state index >= 15 is 0 Å². The number of carbonyl (C=O) groups is 1. The Morgan fingerprint density at radius 1 is 1.04 bits per heavy atom. The first kappa shape index (κ1) is 15.5. The molecule has 2 aromatic carbocycles. The van der Waals surface area contributed by atoms with Gasteiger partial charge in [0.15, 0.2) is 5.69 Å². The van der Waals surface area contributed by atoms with Gasteiger partial charge in [-0.05, 0) is 37.3 Å². The lowest BCUT2D eigenvalue weighted by molar-refractivity contribution is 0.102. The second-order valence-electron chi connectivity index (χ2n) is 4.87. The standard InChI is InChI=1S/C16H12Cl2N4O/c1-10-15(21-22(20-10)14-5-3-2-4-6-14)16(23)19-13-8-11(17)7-12(18)9-13/h2-9H,1H3,(H,19,23). The first-order valence-electron chi connectivity index (χ1n) is 6.80. The molecule has 0 atom stereocenters. The van der Waals surface area contributed by atoms with Crippen LogP contribution in [0.25, 0.3) is 5.69 Å². The third-order valence-corrected chi connectivity index (χ3v) is 3.54. The van der Waals surface area contributed by atoms with Crippen LogP contribution >= 0.6 is 23.2 Å². The highest BCUT2D eigenvalue weighted by atomic mass is 35.5. The van der Waals surface area contributed by atoms with Gasteiger partial charge < -0.3 is 5.32 Å². The Hall–Kier alpha value is -2.37. The zero-order chi connectivity index (χ0) is 16.4. The van der Waals surface area contributed by atoms with Gasteiger partial charge in [0.1, 0.15) is 0 Å². The summed E-state index contributed by atoms with van der Waals surface area (Å²) in [6, 6.07) is 14.2. The number of anilines is 1. The van der Waals surface area contributed by atoms with Crippen molar-refractivity contribution < 1.29 is 4.79 Å². The Morgan fingerprint density at radius 3 is 2.35 bits per heavy atom. The minimum Gasteiger partial charge on any atom is -0.320 e. The number of carbonyl (C=O) groups excluding carboxylic acids is 1. The highest BCUT2D eigenvalue weighted by molar-refractivity contribution is 6.35. The maximum absolute atomic E-state index is 12.4. The average molecular weight is 347 g/mol. The molecule has 7 heteroatoms. The molecule has 1 heterocycles. The lowest BCUT2D eigenvalue weighted by Crippen LogP contribution is -2.14. The van der Waals surface area contributed by atoms with Gasteiger partial charge in [-0.2, -0.15) is 9.90 Å². The van der Waals surface area contributed by atoms with Crippen LogP contribution in [0.15, 0.2) is 48.5 Å². The smallest absolute Gasteiger partial charge is 0.278 e. The normalized spacial score (nSPS) is 10.6. The molecule has 1 N–H and O–H groups in total. The average Bonchev–Trinajstić information content (AvgIpc) is 2.89. The summed E-state index contributed by atoms with van der Waals surface area (Å²) in [6.07, 6.45) is 0. The van der Waals surface area contributed by atoms with E-state index in [9.17, 15) is 4.79 Å². The molecule has 0 aliphatic rings. The van der Waals surface area contributed by atoms with Crippen molar-refractivity contribution in [3.8, 4) is 5.69 Å². The quantitative estimate of drug-likeness (QED) is 0.775. The Bertz CT molecular complexity index is 842. The van der Waals surface area contributed by atoms with E-state index in [4.69, 9.17) is 23.2 Å². The molecule has 0 spiro atoms. The lowest BCUT2D eigenvalue weighted by atomic mass is 10.3. The van der Waals surface area contributed by atoms with Crippen LogP contribution in [0.1, 0.15) is 16.2 Å². The number of hydrogen-bond donors (Lipinski definition) is 1. The van der Waals surface area contributed by atoms with Crippen LogP contribution in [0.5, 0.6) is 0 Å². The number of para-hydroxylation sites is 1. The van der Waals surface area contributed by atoms with Gasteiger partial charge in [0.2, 0.25) is 0 Å². The molecule has 0 aliphatic carbocycles. The van der Waals surface area contributed by atoms with Crippen molar-refractivity contribution in [2.45, 2.75) is 6.92 Å². The zero-order valence-corrected chi connectivity index (χ0v) is 13.6. The first-order valence-corrected chi connectivity index (χ1v) is 7.55. The van der Waals surface area contributed by atoms with Crippen LogP contribution in [-0.2, 0) is 0 Å². The molecule has 116 valence electrons. The fourth-order valence-corrected chi connectivity index (χ4v) is 2.61. The highest BCUT2D eigenvalue weighted by Gasteiger charge is 2.16. The third-order valence-electron chi connectivity index (χ3n) is 3.10. The lowest BCUT2D eigenvalue weighted by Gasteiger charge is -2.04. The number of nitrogens with zero attached hydrogens (tertiary/aromatic N) is 3. The summed E-state index contributed by atoms with van der Waals surface area (Å²) in [7, 11) is 0. The van der Waals surface area contributed by atoms with Crippen molar-refractivity contribution in [2.24, 2.45) is 0 Å². The van der Waals surface area contributed by atoms with E-state index in [0.29, 0.717) is 21.4 Å². The topological polar surface area (TPSA) is 59.8 Å². The Kier molecular flexibility index (Phi) is 4.32. The van der Waals surface area contributed by atoms with Crippen molar-refractivity contribution >= 4 is 34.8 Å². The van der Waals surface area contributed by atoms with Crippen LogP contribution in [0.3, 0.4) is 0 Å². The molecule has 5 nitrogen and oxygen atoms in total. The van der Waals surface area contributed by atoms with E-state index in [0.717, 1.165) is 5.69 Å². The number of halogens is 2. The van der Waals surface area contributed by atoms with Crippen LogP contribution < -0.4 is 5.32 Å². The number of rotatable bonds is 3. The van der Waals surface area contributed by atoms with Crippen LogP contribution in [0, 0.1) is 6.92 Å². The predicted molar refractivity (Wildman–Crippen MR) is 90.5 cm³/mol. The molecule has 23 heavy (non-hydrogen) atoms. The SMILES string of the molecule is Cc1nn(-c2ccccc2)nc1C(=O)Nc1cc(Cl)cc(Cl)c1. The minimum absolute atomic E-state index is 0.241. The van der Waals surface area contributed by atoms with Crippen molar-refractivity contribution in [3.63, 3.8) is 0 Å². The fraction of sp³-hybridized carbons (Fsp3) is 0.0625. The Labute approximate surface area is 142 Å². The molecule has 0 bridgehead atoms. The predicted octanol–water partition coefficient (Wildman–Crippen LogP) is 4.13. The number of amides is 1. The molecule has 3 rings (SSSR count). The van der Waals surface area contributed by atoms with Gasteiger partial charge in [-0.3, -0.25) is 4.79 Å². The molecule has 1 amide bonds. The van der Waals surface area contributed by atoms with Crippen LogP contribution in [0.2, 0.25) is 10.0 Å². The van der Waals surface area contributed by atoms with Gasteiger partial charge in [-0.1, -0.05) is 41.4 Å². The van der Waals surface area contributed by atoms with E-state index in [-0.39, 0.29) is 11.6 Å². The van der Waals surface area contributed by atoms with Crippen molar-refractivity contribution in [1.29, 1.82) is 0 Å². The van der Waals surface area contributed by atoms with E-state index in [1.54, 1.807) is 25.1 Å². The summed E-state index contributed by atoms with van der Waals surface area (Å²) >= 11 is 11.9. The number of nitrogens with one attached hydrogen (secondary N) is 1. The van der Waals surface area contributed by atoms with Gasteiger partial charge in [0.05, 0.1) is 11.4 Å². The largest absolute Gasteiger partial charge is 0.320 e. The Morgan fingerprint density at radius 2 is 1.70 bits per heavy atom. The van der Waals surface area contributed by atoms with Crippen LogP contribution in [-0.4, -0.2) is 20.9 Å². The van der Waals surface area contributed by atoms with E-state index < -0.39 is 0 Å². The maximum Gasteiger partial charge on any atom is 0.278 e. The summed E-state index contributed by atoms with van der Waals surface area (Å²) in [6.45, 7) is 1.73. The molecule has 0 fully saturated rings. The van der Waals surface area contributed by atoms with Gasteiger partial charge in [-0.25, -0.2) is 0 Å². The Balaban J connectivity index is 1.87. The fourth-order valence-electron chi connectivity index (χ4n) is 2.08. The van der Waals surface area contributed by atoms with E-state index in [1.807, 2.05) is 30.3 Å². The second kappa shape index (κ2) is 6.40. The number of aromatic nitrogens is 3. The maximum atomic E-state index is 12.4. The molecule has 0 unspecified atom stereocenters. The van der Waals surface area contributed by atoms with Crippen molar-refractivity contribution in [3.05, 3.63) is 70.0 Å². The van der Waals surface area contributed by atoms with Gasteiger partial charge >= 0.3 is 0 Å². The first-order chi connectivity index (χ1) is 11.0. The molecule has 1 aromatic heterocycles. The molecule has 3 aromatic rings. The molecule has 0 saturated heterocycles. The number of hydrogen-bond acceptors (Lipinski definition) is 3. The summed E-state index contributed by atoms with van der Waals surface area (Å²) in [5, 5.41) is 12.1. The minimum atomic E-state index is -0.372. The molecule has 0 aliphatic heterocycles. The summed E-state index contributed by atoms with van der Waals surface area (Å²) in [4.78, 5) is 13.8. The summed E-state index contributed by atoms with van der Waals surface area (Å²) in [5.74, 6) is -0.372. The number of aryl methyl sites for hydroxylation is 1. The van der Waals surface area contributed by atoms with Crippen molar-refractivity contribution in [2.75, 3.05) is 5.32 Å². The monoisotopic (exact) mass is 346 g/mol. The zero-order valence-electron chi connectivity index (χ0n) is 12.1. The van der Waals surface area contributed by atoms with Crippen LogP contribution in [0.4, 0.5) is 5.69 Å². The van der Waals surface area contributed by atoms with Gasteiger partial charge in [0, 0.05) is 15.7 Å². The summed E-state index contributed by atoms with van der Waals surface area (Å²) < 4.78 is 0. The van der Waals surface area contributed by atoms with E-state index in [2.05, 4.69) is 15.5 Å². The van der Waals surface area contributed by atoms with E-state index in [1.165, 1.54) is 4.80 Å². The molecular weight excluding hydrogens is 335 g/mol. The number of benzene rings is 2.